The molecule has 0 aliphatic heterocycles. The van der Waals surface area contributed by atoms with Crippen molar-refractivity contribution in [3.63, 3.8) is 0 Å². The molecule has 0 spiro atoms. The van der Waals surface area contributed by atoms with Crippen molar-refractivity contribution in [3.05, 3.63) is 24.0 Å². The number of aryl methyl sites for hydroxylation is 1. The molecule has 1 N–H and O–H groups in total. The van der Waals surface area contributed by atoms with Crippen molar-refractivity contribution in [3.8, 4) is 5.75 Å². The molecule has 20 heavy (non-hydrogen) atoms. The highest BCUT2D eigenvalue weighted by atomic mass is 32.1. The van der Waals surface area contributed by atoms with Crippen LogP contribution in [0.5, 0.6) is 5.75 Å². The van der Waals surface area contributed by atoms with E-state index in [0.29, 0.717) is 16.6 Å². The van der Waals surface area contributed by atoms with Gasteiger partial charge in [0.05, 0.1) is 0 Å². The Balaban J connectivity index is 2.19. The Morgan fingerprint density at radius 3 is 2.55 bits per heavy atom. The monoisotopic (exact) mass is 291 g/mol. The number of aromatic hydroxyl groups is 1. The molecule has 0 amide bonds. The molecule has 1 heterocycles. The Morgan fingerprint density at radius 1 is 1.25 bits per heavy atom. The number of rotatable bonds is 5. The smallest absolute Gasteiger partial charge is 0.249 e. The summed E-state index contributed by atoms with van der Waals surface area (Å²) in [4.78, 5) is 6.23. The first-order valence-electron chi connectivity index (χ1n) is 6.44. The van der Waals surface area contributed by atoms with Crippen LogP contribution in [0, 0.1) is 6.92 Å². The minimum atomic E-state index is 0.111. The zero-order chi connectivity index (χ0) is 14.5. The van der Waals surface area contributed by atoms with Gasteiger partial charge in [-0.2, -0.15) is 4.37 Å². The van der Waals surface area contributed by atoms with Gasteiger partial charge in [-0.3, -0.25) is 0 Å². The van der Waals surface area contributed by atoms with Crippen LogP contribution in [0.15, 0.2) is 28.4 Å². The van der Waals surface area contributed by atoms with E-state index in [1.165, 1.54) is 11.5 Å². The summed E-state index contributed by atoms with van der Waals surface area (Å²) in [5.74, 6) is 0.782. The lowest BCUT2D eigenvalue weighted by molar-refractivity contribution is 0.476. The highest BCUT2D eigenvalue weighted by Crippen LogP contribution is 2.32. The fourth-order valence-electron chi connectivity index (χ4n) is 1.81. The van der Waals surface area contributed by atoms with Gasteiger partial charge in [-0.25, -0.2) is 4.98 Å². The second-order valence-electron chi connectivity index (χ2n) is 4.17. The predicted octanol–water partition coefficient (Wildman–Crippen LogP) is 3.81. The second-order valence-corrected chi connectivity index (χ2v) is 4.90. The van der Waals surface area contributed by atoms with Crippen LogP contribution in [0.3, 0.4) is 0 Å². The van der Waals surface area contributed by atoms with E-state index in [0.717, 1.165) is 18.8 Å². The van der Waals surface area contributed by atoms with Gasteiger partial charge in [-0.15, -0.1) is 10.2 Å². The normalized spacial score (nSPS) is 11.2. The summed E-state index contributed by atoms with van der Waals surface area (Å²) in [7, 11) is 0. The predicted molar refractivity (Wildman–Crippen MR) is 80.5 cm³/mol. The topological polar surface area (TPSA) is 74.0 Å². The van der Waals surface area contributed by atoms with Crippen molar-refractivity contribution >= 4 is 28.0 Å². The molecule has 2 rings (SSSR count). The van der Waals surface area contributed by atoms with Gasteiger partial charge in [0.15, 0.2) is 0 Å². The van der Waals surface area contributed by atoms with Gasteiger partial charge in [-0.1, -0.05) is 0 Å². The molecule has 0 radical (unpaired) electrons. The van der Waals surface area contributed by atoms with E-state index in [1.54, 1.807) is 19.1 Å². The standard InChI is InChI=1S/C13H17N5OS/c1-4-18(5-2)10-6-7-11(12(19)8-10)15-16-13-14-9(3)17-20-13/h6-8,19H,4-5H2,1-3H3. The number of azo groups is 1. The number of nitrogens with zero attached hydrogens (tertiary/aromatic N) is 5. The summed E-state index contributed by atoms with van der Waals surface area (Å²) in [6.07, 6.45) is 0. The lowest BCUT2D eigenvalue weighted by atomic mass is 10.2. The van der Waals surface area contributed by atoms with Gasteiger partial charge in [0.2, 0.25) is 5.13 Å². The maximum atomic E-state index is 10.0. The van der Waals surface area contributed by atoms with E-state index in [1.807, 2.05) is 6.07 Å². The average molecular weight is 291 g/mol. The third-order valence-corrected chi connectivity index (χ3v) is 3.54. The quantitative estimate of drug-likeness (QED) is 0.850. The Labute approximate surface area is 122 Å². The van der Waals surface area contributed by atoms with Crippen molar-refractivity contribution in [1.29, 1.82) is 0 Å². The minimum absolute atomic E-state index is 0.111. The van der Waals surface area contributed by atoms with E-state index in [2.05, 4.69) is 38.3 Å². The van der Waals surface area contributed by atoms with Crippen LogP contribution in [0.4, 0.5) is 16.5 Å². The number of aromatic nitrogens is 2. The van der Waals surface area contributed by atoms with E-state index in [4.69, 9.17) is 0 Å². The number of phenolic OH excluding ortho intramolecular Hbond substituents is 1. The van der Waals surface area contributed by atoms with Gasteiger partial charge < -0.3 is 10.0 Å². The third-order valence-electron chi connectivity index (χ3n) is 2.85. The average Bonchev–Trinajstić information content (AvgIpc) is 2.85. The van der Waals surface area contributed by atoms with Crippen molar-refractivity contribution in [2.24, 2.45) is 10.2 Å². The molecule has 0 aliphatic carbocycles. The van der Waals surface area contributed by atoms with Crippen LogP contribution in [0.25, 0.3) is 0 Å². The first kappa shape index (κ1) is 14.4. The summed E-state index contributed by atoms with van der Waals surface area (Å²) in [6.45, 7) is 7.73. The zero-order valence-electron chi connectivity index (χ0n) is 11.7. The maximum Gasteiger partial charge on any atom is 0.249 e. The Hall–Kier alpha value is -2.02. The van der Waals surface area contributed by atoms with E-state index < -0.39 is 0 Å². The molecule has 0 unspecified atom stereocenters. The van der Waals surface area contributed by atoms with Crippen molar-refractivity contribution in [1.82, 2.24) is 9.36 Å². The Kier molecular flexibility index (Phi) is 4.62. The fourth-order valence-corrected chi connectivity index (χ4v) is 2.31. The maximum absolute atomic E-state index is 10.0. The van der Waals surface area contributed by atoms with Crippen molar-refractivity contribution in [2.75, 3.05) is 18.0 Å². The molecule has 0 aliphatic rings. The molecule has 0 bridgehead atoms. The van der Waals surface area contributed by atoms with E-state index in [9.17, 15) is 5.11 Å². The Morgan fingerprint density at radius 2 is 2.00 bits per heavy atom. The van der Waals surface area contributed by atoms with Crippen LogP contribution >= 0.6 is 11.5 Å². The van der Waals surface area contributed by atoms with Crippen LogP contribution in [-0.4, -0.2) is 27.6 Å². The zero-order valence-corrected chi connectivity index (χ0v) is 12.6. The molecule has 0 fully saturated rings. The highest BCUT2D eigenvalue weighted by Gasteiger charge is 2.06. The van der Waals surface area contributed by atoms with Gasteiger partial charge in [-0.05, 0) is 32.9 Å². The van der Waals surface area contributed by atoms with Crippen LogP contribution < -0.4 is 4.90 Å². The summed E-state index contributed by atoms with van der Waals surface area (Å²) >= 11 is 1.18. The van der Waals surface area contributed by atoms with Gasteiger partial charge in [0, 0.05) is 36.4 Å². The second kappa shape index (κ2) is 6.42. The summed E-state index contributed by atoms with van der Waals surface area (Å²) in [5, 5.41) is 18.5. The lowest BCUT2D eigenvalue weighted by Crippen LogP contribution is -2.21. The van der Waals surface area contributed by atoms with Gasteiger partial charge in [0.25, 0.3) is 0 Å². The van der Waals surface area contributed by atoms with E-state index >= 15 is 0 Å². The summed E-state index contributed by atoms with van der Waals surface area (Å²) in [6, 6.07) is 5.37. The van der Waals surface area contributed by atoms with Gasteiger partial charge in [0.1, 0.15) is 17.3 Å². The largest absolute Gasteiger partial charge is 0.506 e. The molecular weight excluding hydrogens is 274 g/mol. The highest BCUT2D eigenvalue weighted by molar-refractivity contribution is 7.09. The number of benzene rings is 1. The first-order valence-corrected chi connectivity index (χ1v) is 7.21. The number of anilines is 1. The molecule has 0 saturated carbocycles. The number of hydrogen-bond acceptors (Lipinski definition) is 7. The molecule has 1 aromatic heterocycles. The lowest BCUT2D eigenvalue weighted by Gasteiger charge is -2.21. The van der Waals surface area contributed by atoms with Crippen molar-refractivity contribution < 1.29 is 5.11 Å². The van der Waals surface area contributed by atoms with Gasteiger partial charge >= 0.3 is 0 Å². The molecule has 2 aromatic rings. The van der Waals surface area contributed by atoms with Crippen LogP contribution in [0.1, 0.15) is 19.7 Å². The molecule has 6 nitrogen and oxygen atoms in total. The van der Waals surface area contributed by atoms with Crippen LogP contribution in [0.2, 0.25) is 0 Å². The number of phenols is 1. The molecule has 0 atom stereocenters. The molecular formula is C13H17N5OS. The molecule has 7 heteroatoms. The van der Waals surface area contributed by atoms with Crippen molar-refractivity contribution in [2.45, 2.75) is 20.8 Å². The summed E-state index contributed by atoms with van der Waals surface area (Å²) < 4.78 is 4.02. The minimum Gasteiger partial charge on any atom is -0.506 e. The third kappa shape index (κ3) is 3.30. The number of hydrogen-bond donors (Lipinski definition) is 1. The molecule has 106 valence electrons. The molecule has 0 saturated heterocycles. The fraction of sp³-hybridized carbons (Fsp3) is 0.385. The van der Waals surface area contributed by atoms with Crippen LogP contribution in [-0.2, 0) is 0 Å². The Bertz CT molecular complexity index is 607. The molecule has 1 aromatic carbocycles. The first-order chi connectivity index (χ1) is 9.63. The SMILES string of the molecule is CCN(CC)c1ccc(N=Nc2nc(C)ns2)c(O)c1. The summed E-state index contributed by atoms with van der Waals surface area (Å²) in [5.41, 5.74) is 1.40. The van der Waals surface area contributed by atoms with E-state index in [-0.39, 0.29) is 5.75 Å².